The normalized spacial score (nSPS) is 20.3. The first kappa shape index (κ1) is 85.9. The van der Waals surface area contributed by atoms with Gasteiger partial charge in [0.1, 0.15) is 77.4 Å². The lowest BCUT2D eigenvalue weighted by Crippen LogP contribution is -2.60. The van der Waals surface area contributed by atoms with E-state index in [9.17, 15) is 10.1 Å². The molecule has 0 radical (unpaired) electrons. The van der Waals surface area contributed by atoms with Gasteiger partial charge in [0, 0.05) is 31.4 Å². The van der Waals surface area contributed by atoms with E-state index >= 15 is 28.8 Å². The highest BCUT2D eigenvalue weighted by Crippen LogP contribution is 2.51. The van der Waals surface area contributed by atoms with Crippen molar-refractivity contribution in [3.05, 3.63) is 117 Å². The second-order valence-electron chi connectivity index (χ2n) is 31.5. The van der Waals surface area contributed by atoms with Gasteiger partial charge in [-0.15, -0.1) is 0 Å². The summed E-state index contributed by atoms with van der Waals surface area (Å²) in [5.41, 5.74) is 0.575. The van der Waals surface area contributed by atoms with Crippen LogP contribution in [0.3, 0.4) is 0 Å². The fourth-order valence-electron chi connectivity index (χ4n) is 12.0. The molecule has 31 heteroatoms. The number of benzene rings is 5. The fraction of sp³-hybridized carbons (Fsp3) is 0.513. The lowest BCUT2D eigenvalue weighted by Gasteiger charge is -2.42. The Morgan fingerprint density at radius 2 is 1.16 bits per heavy atom. The standard InChI is InChI=1S/C78H104Cl2N8O19Si2/c1-42(2)32-54(88(12)75(95)105-76(3,4)5)70(90)86-64-66(106-108(18,19)77(6,7)8)44-23-26-56(50(79)34-44)103-59-36-46-37-60(68(59)100-17)104-57-27-24-45(35-51(57)80)67(107-109(20,21)78(9,10)11)65-74(94)83-53(40-102-41-101-31-30-96-13)48-38-47(97-14)39-58(99-16)61(48)49-33-43(22-25-55(49)98-15)62(71(91)87-65)85-72(92)63(46)84-69(89)52(28-29-81)82-73(64)93/h22-27,33-39,42,52-54,62-67H,28,30-32,40-41H2,1-21H3,(H,82,93)(H,83,94)(H,84,89)(H,85,92)(H,86,90)(H,87,91)/t52-,53+,54+,62+,63+,64+,65-,66+,67+/m0/s1. The minimum atomic E-state index is -3.09. The molecular weight excluding hydrogens is 1480 g/mol. The topological polar surface area (TPSA) is 329 Å². The molecule has 10 rings (SSSR count). The van der Waals surface area contributed by atoms with Gasteiger partial charge in [-0.1, -0.05) is 96.8 Å². The average Bonchev–Trinajstić information content (AvgIpc) is 0.769. The quantitative estimate of drug-likeness (QED) is 0.0226. The van der Waals surface area contributed by atoms with Crippen molar-refractivity contribution in [3.8, 4) is 63.2 Å². The summed E-state index contributed by atoms with van der Waals surface area (Å²) >= 11 is 14.8. The molecule has 5 aliphatic heterocycles. The van der Waals surface area contributed by atoms with Gasteiger partial charge in [0.05, 0.1) is 89.0 Å². The third-order valence-electron chi connectivity index (χ3n) is 19.9. The maximum atomic E-state index is 16.4. The molecule has 0 saturated heterocycles. The second kappa shape index (κ2) is 35.5. The molecule has 11 bridgehead atoms. The Labute approximate surface area is 650 Å². The summed E-state index contributed by atoms with van der Waals surface area (Å²) in [5, 5.41) is 27.1. The molecule has 0 aromatic heterocycles. The summed E-state index contributed by atoms with van der Waals surface area (Å²) in [7, 11) is 2.46. The smallest absolute Gasteiger partial charge is 0.410 e. The van der Waals surface area contributed by atoms with Crippen LogP contribution in [-0.2, 0) is 56.6 Å². The number of nitrogens with zero attached hydrogens (tertiary/aromatic N) is 2. The van der Waals surface area contributed by atoms with Crippen LogP contribution in [0.5, 0.6) is 46.0 Å². The Balaban J connectivity index is 1.43. The van der Waals surface area contributed by atoms with E-state index in [2.05, 4.69) is 31.9 Å². The van der Waals surface area contributed by atoms with Crippen molar-refractivity contribution in [1.29, 1.82) is 5.26 Å². The number of halogens is 2. The SMILES string of the molecule is COCCOCOC[C@H]1NC(=O)[C@H]2NC(=O)[C@H](NC(=O)[C@@H]3NC(=O)[C@H](CC#N)NC(=O)[C@H](NC(=O)[C@@H](CC(C)C)N(C)C(=O)OC(C)(C)C)[C@H](O[Si](C)(C)C(C)(C)C)c4ccc(c(Cl)c4)Oc4cc3cc(c4OC)Oc3ccc(cc3Cl)[C@H]2O[Si](C)(C)C(C)(C)C)c2ccc(OC)c(c2)-c2c(OC)cc(OC)cc21. The van der Waals surface area contributed by atoms with E-state index < -0.39 is 135 Å². The number of carbonyl (C=O) groups excluding carboxylic acids is 7. The third kappa shape index (κ3) is 20.5. The molecule has 0 fully saturated rings. The first-order chi connectivity index (χ1) is 51.1. The first-order valence-electron chi connectivity index (χ1n) is 35.9. The monoisotopic (exact) mass is 1580 g/mol. The van der Waals surface area contributed by atoms with Gasteiger partial charge in [0.15, 0.2) is 28.1 Å². The number of ether oxygens (including phenoxy) is 10. The summed E-state index contributed by atoms with van der Waals surface area (Å²) in [6.45, 7) is 28.5. The number of nitrogens with one attached hydrogen (secondary N) is 6. The van der Waals surface area contributed by atoms with Crippen LogP contribution in [0, 0.1) is 17.2 Å². The van der Waals surface area contributed by atoms with Crippen molar-refractivity contribution in [3.63, 3.8) is 0 Å². The average molecular weight is 1580 g/mol. The van der Waals surface area contributed by atoms with Gasteiger partial charge in [-0.3, -0.25) is 33.7 Å². The van der Waals surface area contributed by atoms with Crippen LogP contribution in [0.15, 0.2) is 78.9 Å². The summed E-state index contributed by atoms with van der Waals surface area (Å²) in [5.74, 6) is -5.73. The summed E-state index contributed by atoms with van der Waals surface area (Å²) < 4.78 is 75.3. The molecule has 5 heterocycles. The van der Waals surface area contributed by atoms with E-state index in [1.54, 1.807) is 63.2 Å². The molecule has 0 spiro atoms. The summed E-state index contributed by atoms with van der Waals surface area (Å²) in [4.78, 5) is 111. The van der Waals surface area contributed by atoms with Gasteiger partial charge in [-0.25, -0.2) is 4.79 Å². The minimum Gasteiger partial charge on any atom is -0.497 e. The molecule has 592 valence electrons. The van der Waals surface area contributed by atoms with Crippen LogP contribution in [-0.4, -0.2) is 162 Å². The molecule has 5 aliphatic rings. The van der Waals surface area contributed by atoms with Crippen LogP contribution in [0.2, 0.25) is 46.3 Å². The minimum absolute atomic E-state index is 0.00948. The van der Waals surface area contributed by atoms with Crippen LogP contribution in [0.25, 0.3) is 11.1 Å². The van der Waals surface area contributed by atoms with E-state index in [1.807, 2.05) is 87.6 Å². The van der Waals surface area contributed by atoms with Gasteiger partial charge in [0.25, 0.3) is 0 Å². The lowest BCUT2D eigenvalue weighted by molar-refractivity contribution is -0.137. The molecule has 7 amide bonds. The van der Waals surface area contributed by atoms with E-state index in [0.717, 1.165) is 4.90 Å². The number of methoxy groups -OCH3 is 5. The first-order valence-corrected chi connectivity index (χ1v) is 42.4. The number of fused-ring (bicyclic) bond motifs is 15. The molecular formula is C78H104Cl2N8O19Si2. The van der Waals surface area contributed by atoms with Gasteiger partial charge < -0.3 is 88.1 Å². The van der Waals surface area contributed by atoms with Crippen molar-refractivity contribution in [1.82, 2.24) is 36.8 Å². The molecule has 0 saturated carbocycles. The van der Waals surface area contributed by atoms with Gasteiger partial charge in [0.2, 0.25) is 41.2 Å². The zero-order valence-electron chi connectivity index (χ0n) is 65.9. The van der Waals surface area contributed by atoms with E-state index in [4.69, 9.17) is 79.4 Å². The van der Waals surface area contributed by atoms with Crippen molar-refractivity contribution in [2.45, 2.75) is 185 Å². The zero-order valence-corrected chi connectivity index (χ0v) is 69.4. The predicted molar refractivity (Wildman–Crippen MR) is 414 cm³/mol. The van der Waals surface area contributed by atoms with Crippen molar-refractivity contribution in [2.24, 2.45) is 5.92 Å². The number of likely N-dealkylation sites (N-methyl/N-ethyl adjacent to an activating group) is 1. The van der Waals surface area contributed by atoms with Crippen molar-refractivity contribution < 1.29 is 89.8 Å². The number of carbonyl (C=O) groups is 7. The Bertz CT molecular complexity index is 4230. The van der Waals surface area contributed by atoms with Crippen LogP contribution in [0.1, 0.15) is 147 Å². The Morgan fingerprint density at radius 1 is 0.606 bits per heavy atom. The van der Waals surface area contributed by atoms with Crippen LogP contribution >= 0.6 is 23.2 Å². The molecule has 0 unspecified atom stereocenters. The number of rotatable bonds is 21. The molecule has 5 aromatic carbocycles. The van der Waals surface area contributed by atoms with E-state index in [0.29, 0.717) is 28.0 Å². The molecule has 0 aliphatic carbocycles. The number of amides is 7. The maximum absolute atomic E-state index is 16.4. The van der Waals surface area contributed by atoms with Gasteiger partial charge >= 0.3 is 6.09 Å². The van der Waals surface area contributed by atoms with E-state index in [-0.39, 0.29) is 106 Å². The van der Waals surface area contributed by atoms with Crippen LogP contribution < -0.4 is 60.3 Å². The second-order valence-corrected chi connectivity index (χ2v) is 41.8. The summed E-state index contributed by atoms with van der Waals surface area (Å²) in [6, 6.07) is 10.6. The highest BCUT2D eigenvalue weighted by Gasteiger charge is 2.48. The van der Waals surface area contributed by atoms with Gasteiger partial charge in [-0.2, -0.15) is 5.26 Å². The molecule has 109 heavy (non-hydrogen) atoms. The molecule has 5 aromatic rings. The van der Waals surface area contributed by atoms with Crippen molar-refractivity contribution in [2.75, 3.05) is 69.2 Å². The Morgan fingerprint density at radius 3 is 1.69 bits per heavy atom. The molecule has 6 N–H and O–H groups in total. The number of nitriles is 1. The third-order valence-corrected chi connectivity index (χ3v) is 29.4. The molecule has 27 nitrogen and oxygen atoms in total. The summed E-state index contributed by atoms with van der Waals surface area (Å²) in [6.07, 6.45) is -4.29. The fourth-order valence-corrected chi connectivity index (χ4v) is 15.0. The number of hydrogen-bond acceptors (Lipinski definition) is 20. The van der Waals surface area contributed by atoms with Crippen molar-refractivity contribution >= 4 is 81.4 Å². The largest absolute Gasteiger partial charge is 0.497 e. The predicted octanol–water partition coefficient (Wildman–Crippen LogP) is 12.9. The van der Waals surface area contributed by atoms with Crippen LogP contribution in [0.4, 0.5) is 4.79 Å². The molecule has 9 atom stereocenters. The lowest BCUT2D eigenvalue weighted by atomic mass is 9.89. The zero-order chi connectivity index (χ0) is 80.6. The highest BCUT2D eigenvalue weighted by molar-refractivity contribution is 6.74. The maximum Gasteiger partial charge on any atom is 0.410 e. The number of hydrogen-bond donors (Lipinski definition) is 6. The highest BCUT2D eigenvalue weighted by atomic mass is 35.5. The Kier molecular flexibility index (Phi) is 28.0. The van der Waals surface area contributed by atoms with E-state index in [1.165, 1.54) is 79.0 Å². The Hall–Kier alpha value is -8.71. The van der Waals surface area contributed by atoms with Gasteiger partial charge in [-0.05, 0) is 152 Å².